The normalized spacial score (nSPS) is 9.69. The van der Waals surface area contributed by atoms with Crippen molar-refractivity contribution in [3.8, 4) is 5.75 Å². The van der Waals surface area contributed by atoms with Crippen LogP contribution in [0.5, 0.6) is 5.75 Å². The molecule has 0 radical (unpaired) electrons. The molecule has 0 spiro atoms. The fourth-order valence-electron chi connectivity index (χ4n) is 0.939. The van der Waals surface area contributed by atoms with Crippen LogP contribution in [0.15, 0.2) is 30.9 Å². The quantitative estimate of drug-likeness (QED) is 0.753. The van der Waals surface area contributed by atoms with E-state index >= 15 is 0 Å². The van der Waals surface area contributed by atoms with Crippen molar-refractivity contribution in [1.29, 1.82) is 0 Å². The molecule has 1 rings (SSSR count). The second kappa shape index (κ2) is 4.90. The molecule has 13 heavy (non-hydrogen) atoms. The molecule has 0 aliphatic carbocycles. The Morgan fingerprint density at radius 3 is 2.85 bits per heavy atom. The summed E-state index contributed by atoms with van der Waals surface area (Å²) in [5, 5.41) is 0.643. The number of hydrogen-bond acceptors (Lipinski definition) is 2. The molecule has 0 heterocycles. The van der Waals surface area contributed by atoms with Gasteiger partial charge in [-0.2, -0.15) is 0 Å². The minimum absolute atomic E-state index is 0.445. The van der Waals surface area contributed by atoms with Crippen LogP contribution in [0.4, 0.5) is 0 Å². The van der Waals surface area contributed by atoms with Crippen LogP contribution in [0, 0.1) is 0 Å². The molecule has 3 heteroatoms. The predicted octanol–water partition coefficient (Wildman–Crippen LogP) is 2.36. The van der Waals surface area contributed by atoms with Gasteiger partial charge in [-0.3, -0.25) is 0 Å². The second-order valence-electron chi connectivity index (χ2n) is 2.56. The molecule has 0 amide bonds. The predicted molar refractivity (Wildman–Crippen MR) is 55.0 cm³/mol. The molecule has 1 aromatic carbocycles. The third-order valence-corrected chi connectivity index (χ3v) is 1.96. The highest BCUT2D eigenvalue weighted by molar-refractivity contribution is 6.31. The van der Waals surface area contributed by atoms with Gasteiger partial charge in [-0.25, -0.2) is 0 Å². The highest BCUT2D eigenvalue weighted by Crippen LogP contribution is 2.21. The van der Waals surface area contributed by atoms with Crippen LogP contribution in [0.2, 0.25) is 5.02 Å². The molecule has 0 aromatic heterocycles. The Morgan fingerprint density at radius 1 is 1.54 bits per heavy atom. The first kappa shape index (κ1) is 10.1. The molecule has 0 aliphatic rings. The number of halogens is 1. The first-order valence-electron chi connectivity index (χ1n) is 4.00. The molecule has 0 aliphatic heterocycles. The number of ether oxygens (including phenoxy) is 1. The van der Waals surface area contributed by atoms with Gasteiger partial charge in [0, 0.05) is 11.6 Å². The number of nitrogens with two attached hydrogens (primary N) is 1. The fourth-order valence-corrected chi connectivity index (χ4v) is 1.19. The fraction of sp³-hybridized carbons (Fsp3) is 0.200. The van der Waals surface area contributed by atoms with Crippen LogP contribution in [0.3, 0.4) is 0 Å². The van der Waals surface area contributed by atoms with Gasteiger partial charge in [0.25, 0.3) is 0 Å². The summed E-state index contributed by atoms with van der Waals surface area (Å²) in [5.74, 6) is 0.738. The van der Waals surface area contributed by atoms with E-state index in [1.165, 1.54) is 0 Å². The zero-order valence-corrected chi connectivity index (χ0v) is 8.05. The van der Waals surface area contributed by atoms with E-state index in [0.29, 0.717) is 18.2 Å². The van der Waals surface area contributed by atoms with Crippen LogP contribution < -0.4 is 10.5 Å². The van der Waals surface area contributed by atoms with Crippen LogP contribution in [-0.4, -0.2) is 6.61 Å². The molecule has 0 bridgehead atoms. The smallest absolute Gasteiger partial charge is 0.121 e. The Kier molecular flexibility index (Phi) is 3.80. The van der Waals surface area contributed by atoms with E-state index < -0.39 is 0 Å². The van der Waals surface area contributed by atoms with E-state index in [-0.39, 0.29) is 0 Å². The van der Waals surface area contributed by atoms with Crippen molar-refractivity contribution >= 4 is 11.6 Å². The van der Waals surface area contributed by atoms with Gasteiger partial charge in [-0.15, -0.1) is 0 Å². The molecule has 2 N–H and O–H groups in total. The van der Waals surface area contributed by atoms with Gasteiger partial charge in [0.1, 0.15) is 12.4 Å². The van der Waals surface area contributed by atoms with Crippen molar-refractivity contribution in [1.82, 2.24) is 0 Å². The van der Waals surface area contributed by atoms with Gasteiger partial charge in [0.05, 0.1) is 0 Å². The van der Waals surface area contributed by atoms with E-state index in [1.54, 1.807) is 12.1 Å². The summed E-state index contributed by atoms with van der Waals surface area (Å²) in [6.45, 7) is 4.48. The minimum Gasteiger partial charge on any atom is -0.490 e. The molecule has 0 saturated heterocycles. The zero-order valence-electron chi connectivity index (χ0n) is 7.29. The van der Waals surface area contributed by atoms with E-state index in [4.69, 9.17) is 22.1 Å². The Hall–Kier alpha value is -0.990. The molecule has 0 unspecified atom stereocenters. The zero-order chi connectivity index (χ0) is 9.68. The first-order chi connectivity index (χ1) is 6.27. The van der Waals surface area contributed by atoms with Gasteiger partial charge in [0.15, 0.2) is 0 Å². The Bertz CT molecular complexity index is 299. The summed E-state index contributed by atoms with van der Waals surface area (Å²) < 4.78 is 5.29. The number of rotatable bonds is 4. The van der Waals surface area contributed by atoms with Gasteiger partial charge < -0.3 is 10.5 Å². The van der Waals surface area contributed by atoms with Crippen LogP contribution >= 0.6 is 11.6 Å². The van der Waals surface area contributed by atoms with Gasteiger partial charge in [0.2, 0.25) is 0 Å². The highest BCUT2D eigenvalue weighted by Gasteiger charge is 1.99. The third-order valence-electron chi connectivity index (χ3n) is 1.61. The van der Waals surface area contributed by atoms with Gasteiger partial charge in [-0.05, 0) is 17.7 Å². The molecule has 70 valence electrons. The SMILES string of the molecule is C=CCOc1ccc(CN)c(Cl)c1. The average molecular weight is 198 g/mol. The van der Waals surface area contributed by atoms with Crippen molar-refractivity contribution in [2.24, 2.45) is 5.73 Å². The van der Waals surface area contributed by atoms with Gasteiger partial charge >= 0.3 is 0 Å². The van der Waals surface area contributed by atoms with Crippen molar-refractivity contribution < 1.29 is 4.74 Å². The lowest BCUT2D eigenvalue weighted by Gasteiger charge is -2.05. The van der Waals surface area contributed by atoms with Crippen LogP contribution in [-0.2, 0) is 6.54 Å². The molecular formula is C10H12ClNO. The lowest BCUT2D eigenvalue weighted by atomic mass is 10.2. The maximum Gasteiger partial charge on any atom is 0.121 e. The van der Waals surface area contributed by atoms with Crippen molar-refractivity contribution in [2.45, 2.75) is 6.54 Å². The molecule has 0 saturated carbocycles. The van der Waals surface area contributed by atoms with E-state index in [2.05, 4.69) is 6.58 Å². The summed E-state index contributed by atoms with van der Waals surface area (Å²) in [7, 11) is 0. The topological polar surface area (TPSA) is 35.2 Å². The Balaban J connectivity index is 2.76. The summed E-state index contributed by atoms with van der Waals surface area (Å²) in [6, 6.07) is 5.46. The van der Waals surface area contributed by atoms with Crippen molar-refractivity contribution in [3.63, 3.8) is 0 Å². The Morgan fingerprint density at radius 2 is 2.31 bits per heavy atom. The van der Waals surface area contributed by atoms with Crippen molar-refractivity contribution in [2.75, 3.05) is 6.61 Å². The third kappa shape index (κ3) is 2.76. The molecule has 1 aromatic rings. The minimum atomic E-state index is 0.445. The van der Waals surface area contributed by atoms with E-state index in [1.807, 2.05) is 12.1 Å². The maximum absolute atomic E-state index is 5.92. The second-order valence-corrected chi connectivity index (χ2v) is 2.96. The maximum atomic E-state index is 5.92. The largest absolute Gasteiger partial charge is 0.490 e. The molecule has 2 nitrogen and oxygen atoms in total. The summed E-state index contributed by atoms with van der Waals surface area (Å²) in [6.07, 6.45) is 1.69. The summed E-state index contributed by atoms with van der Waals surface area (Å²) in [4.78, 5) is 0. The van der Waals surface area contributed by atoms with Gasteiger partial charge in [-0.1, -0.05) is 30.3 Å². The Labute approximate surface area is 83.0 Å². The molecule has 0 atom stereocenters. The monoisotopic (exact) mass is 197 g/mol. The van der Waals surface area contributed by atoms with Crippen molar-refractivity contribution in [3.05, 3.63) is 41.4 Å². The highest BCUT2D eigenvalue weighted by atomic mass is 35.5. The first-order valence-corrected chi connectivity index (χ1v) is 4.38. The van der Waals surface area contributed by atoms with E-state index in [0.717, 1.165) is 11.3 Å². The number of hydrogen-bond donors (Lipinski definition) is 1. The lowest BCUT2D eigenvalue weighted by Crippen LogP contribution is -1.98. The number of benzene rings is 1. The average Bonchev–Trinajstić information content (AvgIpc) is 2.15. The standard InChI is InChI=1S/C10H12ClNO/c1-2-5-13-9-4-3-8(7-12)10(11)6-9/h2-4,6H,1,5,7,12H2. The van der Waals surface area contributed by atoms with Crippen LogP contribution in [0.1, 0.15) is 5.56 Å². The molecular weight excluding hydrogens is 186 g/mol. The van der Waals surface area contributed by atoms with E-state index in [9.17, 15) is 0 Å². The molecule has 0 fully saturated rings. The summed E-state index contributed by atoms with van der Waals surface area (Å²) >= 11 is 5.92. The lowest BCUT2D eigenvalue weighted by molar-refractivity contribution is 0.363. The summed E-state index contributed by atoms with van der Waals surface area (Å²) in [5.41, 5.74) is 6.38. The van der Waals surface area contributed by atoms with Crippen LogP contribution in [0.25, 0.3) is 0 Å².